The standard InChI is InChI=1S/C20H33N5O2.HI/c1-21-20(23-7-4-11-26-15-18-6-12-27-16-18)24-14-17-5-8-22-19(13-17)25-9-2-3-10-25;/h5,8,13,18H,2-4,6-7,9-12,14-16H2,1H3,(H2,21,23,24);1H. The molecule has 0 bridgehead atoms. The van der Waals surface area contributed by atoms with E-state index in [1.165, 1.54) is 18.4 Å². The third-order valence-electron chi connectivity index (χ3n) is 5.06. The van der Waals surface area contributed by atoms with Crippen molar-refractivity contribution >= 4 is 35.8 Å². The fourth-order valence-corrected chi connectivity index (χ4v) is 3.44. The van der Waals surface area contributed by atoms with Crippen LogP contribution in [0.5, 0.6) is 0 Å². The molecule has 8 heteroatoms. The van der Waals surface area contributed by atoms with Gasteiger partial charge in [-0.15, -0.1) is 24.0 Å². The number of guanidine groups is 1. The molecule has 2 aliphatic heterocycles. The SMILES string of the molecule is CN=C(NCCCOCC1CCOC1)NCc1ccnc(N2CCCC2)c1.I. The van der Waals surface area contributed by atoms with E-state index in [9.17, 15) is 0 Å². The Balaban J connectivity index is 0.00000280. The smallest absolute Gasteiger partial charge is 0.191 e. The van der Waals surface area contributed by atoms with Crippen molar-refractivity contribution in [2.75, 3.05) is 58.0 Å². The lowest BCUT2D eigenvalue weighted by atomic mass is 10.1. The number of anilines is 1. The maximum Gasteiger partial charge on any atom is 0.191 e. The number of halogens is 1. The first kappa shape index (κ1) is 23.2. The predicted molar refractivity (Wildman–Crippen MR) is 124 cm³/mol. The van der Waals surface area contributed by atoms with E-state index >= 15 is 0 Å². The number of aliphatic imine (C=N–C) groups is 1. The quantitative estimate of drug-likeness (QED) is 0.234. The Hall–Kier alpha value is -1.13. The summed E-state index contributed by atoms with van der Waals surface area (Å²) in [6, 6.07) is 4.23. The zero-order chi connectivity index (χ0) is 18.7. The lowest BCUT2D eigenvalue weighted by Gasteiger charge is -2.17. The van der Waals surface area contributed by atoms with E-state index in [0.29, 0.717) is 5.92 Å². The van der Waals surface area contributed by atoms with E-state index in [0.717, 1.165) is 77.2 Å². The highest BCUT2D eigenvalue weighted by Crippen LogP contribution is 2.18. The second-order valence-corrected chi connectivity index (χ2v) is 7.23. The van der Waals surface area contributed by atoms with Crippen molar-refractivity contribution in [3.63, 3.8) is 0 Å². The van der Waals surface area contributed by atoms with Crippen LogP contribution in [0.25, 0.3) is 0 Å². The van der Waals surface area contributed by atoms with Crippen LogP contribution in [0.15, 0.2) is 23.3 Å². The molecule has 1 atom stereocenters. The molecule has 7 nitrogen and oxygen atoms in total. The van der Waals surface area contributed by atoms with E-state index in [2.05, 4.69) is 37.6 Å². The normalized spacial score (nSPS) is 19.5. The second-order valence-electron chi connectivity index (χ2n) is 7.23. The number of hydrogen-bond donors (Lipinski definition) is 2. The summed E-state index contributed by atoms with van der Waals surface area (Å²) >= 11 is 0. The molecule has 0 aliphatic carbocycles. The van der Waals surface area contributed by atoms with Crippen LogP contribution in [0.2, 0.25) is 0 Å². The fraction of sp³-hybridized carbons (Fsp3) is 0.700. The third kappa shape index (κ3) is 7.71. The number of pyridine rings is 1. The number of ether oxygens (including phenoxy) is 2. The average Bonchev–Trinajstić information content (AvgIpc) is 3.41. The molecule has 1 aromatic rings. The Labute approximate surface area is 185 Å². The molecule has 3 heterocycles. The monoisotopic (exact) mass is 503 g/mol. The van der Waals surface area contributed by atoms with Crippen molar-refractivity contribution in [1.29, 1.82) is 0 Å². The molecule has 2 aliphatic rings. The number of nitrogens with zero attached hydrogens (tertiary/aromatic N) is 3. The van der Waals surface area contributed by atoms with Gasteiger partial charge in [-0.3, -0.25) is 4.99 Å². The van der Waals surface area contributed by atoms with Gasteiger partial charge in [-0.2, -0.15) is 0 Å². The maximum absolute atomic E-state index is 5.73. The van der Waals surface area contributed by atoms with E-state index in [4.69, 9.17) is 9.47 Å². The first-order chi connectivity index (χ1) is 13.3. The Morgan fingerprint density at radius 2 is 2.21 bits per heavy atom. The predicted octanol–water partition coefficient (Wildman–Crippen LogP) is 2.41. The van der Waals surface area contributed by atoms with Crippen molar-refractivity contribution in [2.24, 2.45) is 10.9 Å². The van der Waals surface area contributed by atoms with Crippen molar-refractivity contribution in [3.8, 4) is 0 Å². The van der Waals surface area contributed by atoms with Gasteiger partial charge in [0, 0.05) is 58.6 Å². The highest BCUT2D eigenvalue weighted by atomic mass is 127. The number of aromatic nitrogens is 1. The summed E-state index contributed by atoms with van der Waals surface area (Å²) in [5, 5.41) is 6.72. The maximum atomic E-state index is 5.73. The molecule has 2 saturated heterocycles. The van der Waals surface area contributed by atoms with E-state index in [1.807, 2.05) is 6.20 Å². The van der Waals surface area contributed by atoms with Crippen LogP contribution >= 0.6 is 24.0 Å². The van der Waals surface area contributed by atoms with Crippen molar-refractivity contribution in [2.45, 2.75) is 32.2 Å². The average molecular weight is 503 g/mol. The van der Waals surface area contributed by atoms with Crippen LogP contribution in [0, 0.1) is 5.92 Å². The minimum Gasteiger partial charge on any atom is -0.381 e. The van der Waals surface area contributed by atoms with Gasteiger partial charge in [0.05, 0.1) is 13.2 Å². The van der Waals surface area contributed by atoms with E-state index in [1.54, 1.807) is 7.05 Å². The van der Waals surface area contributed by atoms with Gasteiger partial charge in [0.15, 0.2) is 5.96 Å². The minimum atomic E-state index is 0. The van der Waals surface area contributed by atoms with Crippen molar-refractivity contribution in [3.05, 3.63) is 23.9 Å². The highest BCUT2D eigenvalue weighted by molar-refractivity contribution is 14.0. The zero-order valence-electron chi connectivity index (χ0n) is 16.9. The molecule has 3 rings (SSSR count). The molecule has 2 N–H and O–H groups in total. The molecule has 28 heavy (non-hydrogen) atoms. The van der Waals surface area contributed by atoms with Gasteiger partial charge in [0.2, 0.25) is 0 Å². The lowest BCUT2D eigenvalue weighted by molar-refractivity contribution is 0.0888. The summed E-state index contributed by atoms with van der Waals surface area (Å²) < 4.78 is 11.1. The molecule has 1 unspecified atom stereocenters. The summed E-state index contributed by atoms with van der Waals surface area (Å²) in [5.41, 5.74) is 1.22. The van der Waals surface area contributed by atoms with Gasteiger partial charge in [-0.1, -0.05) is 0 Å². The Morgan fingerprint density at radius 3 is 2.96 bits per heavy atom. The molecular weight excluding hydrogens is 469 g/mol. The van der Waals surface area contributed by atoms with Crippen LogP contribution in [0.4, 0.5) is 5.82 Å². The van der Waals surface area contributed by atoms with E-state index < -0.39 is 0 Å². The zero-order valence-corrected chi connectivity index (χ0v) is 19.2. The number of nitrogens with one attached hydrogen (secondary N) is 2. The van der Waals surface area contributed by atoms with Crippen LogP contribution in [0.3, 0.4) is 0 Å². The first-order valence-corrected chi connectivity index (χ1v) is 10.1. The number of hydrogen-bond acceptors (Lipinski definition) is 5. The van der Waals surface area contributed by atoms with E-state index in [-0.39, 0.29) is 24.0 Å². The summed E-state index contributed by atoms with van der Waals surface area (Å²) in [5.74, 6) is 2.48. The van der Waals surface area contributed by atoms with Gasteiger partial charge in [-0.05, 0) is 43.4 Å². The summed E-state index contributed by atoms with van der Waals surface area (Å²) in [4.78, 5) is 11.2. The van der Waals surface area contributed by atoms with Gasteiger partial charge >= 0.3 is 0 Å². The van der Waals surface area contributed by atoms with Gasteiger partial charge in [0.1, 0.15) is 5.82 Å². The Bertz CT molecular complexity index is 590. The van der Waals surface area contributed by atoms with Gasteiger partial charge in [0.25, 0.3) is 0 Å². The molecule has 0 amide bonds. The first-order valence-electron chi connectivity index (χ1n) is 10.1. The molecule has 2 fully saturated rings. The van der Waals surface area contributed by atoms with Crippen LogP contribution < -0.4 is 15.5 Å². The minimum absolute atomic E-state index is 0. The van der Waals surface area contributed by atoms with Crippen LogP contribution in [0.1, 0.15) is 31.2 Å². The van der Waals surface area contributed by atoms with Crippen LogP contribution in [-0.2, 0) is 16.0 Å². The lowest BCUT2D eigenvalue weighted by Crippen LogP contribution is -2.37. The second kappa shape index (κ2) is 13.2. The summed E-state index contributed by atoms with van der Waals surface area (Å²) in [6.45, 7) is 7.12. The van der Waals surface area contributed by atoms with Crippen molar-refractivity contribution < 1.29 is 9.47 Å². The van der Waals surface area contributed by atoms with Gasteiger partial charge in [-0.25, -0.2) is 4.98 Å². The van der Waals surface area contributed by atoms with Crippen molar-refractivity contribution in [1.82, 2.24) is 15.6 Å². The summed E-state index contributed by atoms with van der Waals surface area (Å²) in [7, 11) is 1.80. The molecule has 0 saturated carbocycles. The summed E-state index contributed by atoms with van der Waals surface area (Å²) in [6.07, 6.45) is 6.51. The van der Waals surface area contributed by atoms with Gasteiger partial charge < -0.3 is 25.0 Å². The fourth-order valence-electron chi connectivity index (χ4n) is 3.44. The molecule has 0 aromatic carbocycles. The molecular formula is C20H34IN5O2. The largest absolute Gasteiger partial charge is 0.381 e. The Morgan fingerprint density at radius 1 is 1.36 bits per heavy atom. The van der Waals surface area contributed by atoms with Crippen LogP contribution in [-0.4, -0.2) is 64.1 Å². The molecule has 1 aromatic heterocycles. The highest BCUT2D eigenvalue weighted by Gasteiger charge is 2.15. The molecule has 0 spiro atoms. The topological polar surface area (TPSA) is 71.0 Å². The molecule has 158 valence electrons. The Kier molecular flexibility index (Phi) is 10.9. The number of rotatable bonds is 9. The molecule has 0 radical (unpaired) electrons. The third-order valence-corrected chi connectivity index (χ3v) is 5.06.